The number of nitrogens with two attached hydrogens (primary N) is 1. The number of allylic oxidation sites excluding steroid dienone is 4. The Balaban J connectivity index is 2.37. The lowest BCUT2D eigenvalue weighted by Gasteiger charge is -2.20. The Morgan fingerprint density at radius 2 is 1.89 bits per heavy atom. The van der Waals surface area contributed by atoms with Gasteiger partial charge < -0.3 is 5.73 Å². The van der Waals surface area contributed by atoms with Gasteiger partial charge in [0.1, 0.15) is 0 Å². The van der Waals surface area contributed by atoms with Gasteiger partial charge in [-0.3, -0.25) is 0 Å². The maximum Gasteiger partial charge on any atom is 0.395 e. The van der Waals surface area contributed by atoms with Gasteiger partial charge in [-0.15, -0.1) is 0 Å². The summed E-state index contributed by atoms with van der Waals surface area (Å²) < 4.78 is 37.9. The van der Waals surface area contributed by atoms with E-state index in [0.29, 0.717) is 5.69 Å². The van der Waals surface area contributed by atoms with E-state index in [2.05, 4.69) is 9.97 Å². The second-order valence-electron chi connectivity index (χ2n) is 3.86. The standard InChI is InChI=1S/C11H9ClF3N3/c12-9-2-1-6(11(13,14)15)3-8(9)10-17-4-7(16)5-18-10/h2-6H,1,16H2. The molecule has 0 fully saturated rings. The van der Waals surface area contributed by atoms with Gasteiger partial charge in [0, 0.05) is 10.6 Å². The van der Waals surface area contributed by atoms with Crippen LogP contribution in [0.2, 0.25) is 0 Å². The molecule has 0 radical (unpaired) electrons. The quantitative estimate of drug-likeness (QED) is 0.856. The molecule has 1 atom stereocenters. The normalized spacial score (nSPS) is 20.3. The van der Waals surface area contributed by atoms with E-state index in [1.807, 2.05) is 0 Å². The number of rotatable bonds is 1. The lowest BCUT2D eigenvalue weighted by atomic mass is 9.95. The van der Waals surface area contributed by atoms with Crippen molar-refractivity contribution in [1.29, 1.82) is 0 Å². The molecule has 2 N–H and O–H groups in total. The summed E-state index contributed by atoms with van der Waals surface area (Å²) in [6, 6.07) is 0. The van der Waals surface area contributed by atoms with Crippen LogP contribution >= 0.6 is 11.6 Å². The van der Waals surface area contributed by atoms with E-state index in [0.717, 1.165) is 6.08 Å². The molecule has 0 bridgehead atoms. The highest BCUT2D eigenvalue weighted by atomic mass is 35.5. The van der Waals surface area contributed by atoms with Crippen LogP contribution in [0.5, 0.6) is 0 Å². The first-order chi connectivity index (χ1) is 8.38. The van der Waals surface area contributed by atoms with Gasteiger partial charge in [-0.05, 0) is 6.42 Å². The fourth-order valence-electron chi connectivity index (χ4n) is 1.58. The lowest BCUT2D eigenvalue weighted by molar-refractivity contribution is -0.160. The highest BCUT2D eigenvalue weighted by molar-refractivity contribution is 6.36. The van der Waals surface area contributed by atoms with Crippen LogP contribution in [0, 0.1) is 5.92 Å². The summed E-state index contributed by atoms with van der Waals surface area (Å²) in [7, 11) is 0. The van der Waals surface area contributed by atoms with Gasteiger partial charge in [0.25, 0.3) is 0 Å². The molecule has 96 valence electrons. The maximum absolute atomic E-state index is 12.6. The van der Waals surface area contributed by atoms with E-state index >= 15 is 0 Å². The van der Waals surface area contributed by atoms with Gasteiger partial charge in [0.15, 0.2) is 5.82 Å². The third-order valence-corrected chi connectivity index (χ3v) is 2.87. The van der Waals surface area contributed by atoms with Crippen LogP contribution in [0.1, 0.15) is 12.2 Å². The fourth-order valence-corrected chi connectivity index (χ4v) is 1.81. The minimum Gasteiger partial charge on any atom is -0.396 e. The Morgan fingerprint density at radius 3 is 2.44 bits per heavy atom. The Kier molecular flexibility index (Phi) is 3.30. The van der Waals surface area contributed by atoms with Gasteiger partial charge in [-0.2, -0.15) is 13.2 Å². The molecule has 0 saturated carbocycles. The Morgan fingerprint density at radius 1 is 1.28 bits per heavy atom. The lowest BCUT2D eigenvalue weighted by Crippen LogP contribution is -2.22. The summed E-state index contributed by atoms with van der Waals surface area (Å²) in [5.74, 6) is -1.42. The number of hydrogen-bond donors (Lipinski definition) is 1. The fraction of sp³-hybridized carbons (Fsp3) is 0.273. The highest BCUT2D eigenvalue weighted by Crippen LogP contribution is 2.38. The average Bonchev–Trinajstić information content (AvgIpc) is 2.29. The van der Waals surface area contributed by atoms with E-state index in [1.54, 1.807) is 0 Å². The number of nitrogen functional groups attached to an aromatic ring is 1. The first-order valence-corrected chi connectivity index (χ1v) is 5.48. The Hall–Kier alpha value is -1.56. The largest absolute Gasteiger partial charge is 0.396 e. The van der Waals surface area contributed by atoms with Gasteiger partial charge in [-0.25, -0.2) is 9.97 Å². The molecule has 1 aliphatic rings. The minimum atomic E-state index is -4.30. The van der Waals surface area contributed by atoms with Crippen molar-refractivity contribution in [1.82, 2.24) is 9.97 Å². The SMILES string of the molecule is Nc1cnc(C2=CC(C(F)(F)F)CC=C2Cl)nc1. The van der Waals surface area contributed by atoms with Gasteiger partial charge in [0.05, 0.1) is 24.0 Å². The molecule has 1 aromatic rings. The summed E-state index contributed by atoms with van der Waals surface area (Å²) >= 11 is 5.89. The molecule has 0 amide bonds. The summed E-state index contributed by atoms with van der Waals surface area (Å²) in [6.07, 6.45) is 0.561. The molecule has 2 rings (SSSR count). The molecule has 1 heterocycles. The number of nitrogens with zero attached hydrogens (tertiary/aromatic N) is 2. The Bertz CT molecular complexity index is 505. The van der Waals surface area contributed by atoms with Crippen molar-refractivity contribution in [2.24, 2.45) is 5.92 Å². The molecule has 1 aliphatic carbocycles. The van der Waals surface area contributed by atoms with E-state index in [1.165, 1.54) is 18.5 Å². The van der Waals surface area contributed by atoms with E-state index < -0.39 is 12.1 Å². The molecule has 0 spiro atoms. The van der Waals surface area contributed by atoms with Crippen LogP contribution < -0.4 is 5.73 Å². The van der Waals surface area contributed by atoms with Crippen molar-refractivity contribution in [3.05, 3.63) is 35.4 Å². The predicted octanol–water partition coefficient (Wildman–Crippen LogP) is 3.15. The molecule has 3 nitrogen and oxygen atoms in total. The minimum absolute atomic E-state index is 0.138. The third kappa shape index (κ3) is 2.64. The van der Waals surface area contributed by atoms with Crippen LogP contribution in [0.15, 0.2) is 29.6 Å². The van der Waals surface area contributed by atoms with Crippen molar-refractivity contribution < 1.29 is 13.2 Å². The zero-order valence-corrected chi connectivity index (χ0v) is 9.83. The van der Waals surface area contributed by atoms with Crippen molar-refractivity contribution >= 4 is 22.9 Å². The van der Waals surface area contributed by atoms with Crippen LogP contribution in [-0.4, -0.2) is 16.1 Å². The zero-order chi connectivity index (χ0) is 13.3. The second kappa shape index (κ2) is 4.61. The average molecular weight is 276 g/mol. The predicted molar refractivity (Wildman–Crippen MR) is 62.5 cm³/mol. The summed E-state index contributed by atoms with van der Waals surface area (Å²) in [4.78, 5) is 7.74. The summed E-state index contributed by atoms with van der Waals surface area (Å²) in [6.45, 7) is 0. The number of anilines is 1. The first kappa shape index (κ1) is 12.9. The number of hydrogen-bond acceptors (Lipinski definition) is 3. The summed E-state index contributed by atoms with van der Waals surface area (Å²) in [5.41, 5.74) is 5.94. The molecular weight excluding hydrogens is 267 g/mol. The monoisotopic (exact) mass is 275 g/mol. The van der Waals surface area contributed by atoms with E-state index in [-0.39, 0.29) is 22.9 Å². The van der Waals surface area contributed by atoms with Crippen molar-refractivity contribution in [2.45, 2.75) is 12.6 Å². The molecule has 7 heteroatoms. The highest BCUT2D eigenvalue weighted by Gasteiger charge is 2.39. The zero-order valence-electron chi connectivity index (χ0n) is 9.08. The molecular formula is C11H9ClF3N3. The van der Waals surface area contributed by atoms with Gasteiger partial charge >= 0.3 is 6.18 Å². The third-order valence-electron chi connectivity index (χ3n) is 2.51. The van der Waals surface area contributed by atoms with Gasteiger partial charge in [0.2, 0.25) is 0 Å². The van der Waals surface area contributed by atoms with Crippen molar-refractivity contribution in [3.63, 3.8) is 0 Å². The smallest absolute Gasteiger partial charge is 0.395 e. The molecule has 18 heavy (non-hydrogen) atoms. The van der Waals surface area contributed by atoms with Crippen LogP contribution in [0.4, 0.5) is 18.9 Å². The molecule has 0 aromatic carbocycles. The molecule has 1 unspecified atom stereocenters. The second-order valence-corrected chi connectivity index (χ2v) is 4.26. The van der Waals surface area contributed by atoms with Crippen LogP contribution in [-0.2, 0) is 0 Å². The van der Waals surface area contributed by atoms with E-state index in [9.17, 15) is 13.2 Å². The van der Waals surface area contributed by atoms with Crippen molar-refractivity contribution in [3.8, 4) is 0 Å². The Labute approximate surface area is 106 Å². The van der Waals surface area contributed by atoms with Crippen molar-refractivity contribution in [2.75, 3.05) is 5.73 Å². The van der Waals surface area contributed by atoms with Crippen LogP contribution in [0.3, 0.4) is 0 Å². The summed E-state index contributed by atoms with van der Waals surface area (Å²) in [5, 5.41) is 0.222. The van der Waals surface area contributed by atoms with Gasteiger partial charge in [-0.1, -0.05) is 23.8 Å². The molecule has 0 aliphatic heterocycles. The molecule has 0 saturated heterocycles. The van der Waals surface area contributed by atoms with Crippen LogP contribution in [0.25, 0.3) is 5.57 Å². The maximum atomic E-state index is 12.6. The number of aromatic nitrogens is 2. The number of halogens is 4. The topological polar surface area (TPSA) is 51.8 Å². The number of alkyl halides is 3. The molecule has 1 aromatic heterocycles. The first-order valence-electron chi connectivity index (χ1n) is 5.10. The van der Waals surface area contributed by atoms with E-state index in [4.69, 9.17) is 17.3 Å².